The fourth-order valence-corrected chi connectivity index (χ4v) is 2.07. The Balaban J connectivity index is 4.03. The molecule has 13 heavy (non-hydrogen) atoms. The molecule has 0 aromatic heterocycles. The maximum absolute atomic E-state index is 11.5. The maximum atomic E-state index is 11.5. The number of sulfonamides is 1. The molecule has 0 heterocycles. The Hall–Kier alpha value is -0.130. The Morgan fingerprint density at radius 1 is 1.38 bits per heavy atom. The van der Waals surface area contributed by atoms with Crippen molar-refractivity contribution in [1.29, 1.82) is 0 Å². The zero-order valence-corrected chi connectivity index (χ0v) is 9.69. The molecule has 0 aliphatic carbocycles. The maximum Gasteiger partial charge on any atom is 0.216 e. The van der Waals surface area contributed by atoms with E-state index < -0.39 is 10.0 Å². The third kappa shape index (κ3) is 4.06. The van der Waals surface area contributed by atoms with Gasteiger partial charge in [-0.1, -0.05) is 0 Å². The minimum atomic E-state index is -3.05. The molecular weight excluding hydrogens is 188 g/mol. The van der Waals surface area contributed by atoms with Gasteiger partial charge in [-0.05, 0) is 33.9 Å². The van der Waals surface area contributed by atoms with Crippen LogP contribution in [0.1, 0.15) is 20.3 Å². The van der Waals surface area contributed by atoms with Crippen LogP contribution in [0, 0.1) is 0 Å². The first-order valence-electron chi connectivity index (χ1n) is 4.52. The average Bonchev–Trinajstić information content (AvgIpc) is 2.04. The number of hydrogen-bond donors (Lipinski definition) is 1. The van der Waals surface area contributed by atoms with E-state index in [4.69, 9.17) is 0 Å². The SMILES string of the molecule is CNCCCN(C)S(=O)(=O)C(C)C. The second-order valence-corrected chi connectivity index (χ2v) is 5.97. The Kier molecular flexibility index (Phi) is 5.51. The van der Waals surface area contributed by atoms with Crippen LogP contribution >= 0.6 is 0 Å². The zero-order chi connectivity index (χ0) is 10.5. The molecule has 0 radical (unpaired) electrons. The molecule has 0 unspecified atom stereocenters. The molecule has 0 amide bonds. The van der Waals surface area contributed by atoms with Crippen molar-refractivity contribution in [3.63, 3.8) is 0 Å². The largest absolute Gasteiger partial charge is 0.320 e. The summed E-state index contributed by atoms with van der Waals surface area (Å²) in [6.45, 7) is 4.83. The highest BCUT2D eigenvalue weighted by Crippen LogP contribution is 2.05. The predicted octanol–water partition coefficient (Wildman–Crippen LogP) is 0.266. The van der Waals surface area contributed by atoms with E-state index in [1.54, 1.807) is 20.9 Å². The second-order valence-electron chi connectivity index (χ2n) is 3.37. The summed E-state index contributed by atoms with van der Waals surface area (Å²) in [4.78, 5) is 0. The van der Waals surface area contributed by atoms with Gasteiger partial charge < -0.3 is 5.32 Å². The molecule has 4 nitrogen and oxygen atoms in total. The number of hydrogen-bond acceptors (Lipinski definition) is 3. The molecule has 0 saturated carbocycles. The van der Waals surface area contributed by atoms with E-state index in [9.17, 15) is 8.42 Å². The van der Waals surface area contributed by atoms with Crippen LogP contribution in [0.2, 0.25) is 0 Å². The van der Waals surface area contributed by atoms with E-state index in [0.29, 0.717) is 6.54 Å². The lowest BCUT2D eigenvalue weighted by atomic mass is 10.4. The highest BCUT2D eigenvalue weighted by molar-refractivity contribution is 7.89. The van der Waals surface area contributed by atoms with Crippen molar-refractivity contribution in [3.8, 4) is 0 Å². The Morgan fingerprint density at radius 2 is 1.92 bits per heavy atom. The van der Waals surface area contributed by atoms with Crippen LogP contribution in [0.25, 0.3) is 0 Å². The normalized spacial score (nSPS) is 12.8. The van der Waals surface area contributed by atoms with E-state index in [-0.39, 0.29) is 5.25 Å². The van der Waals surface area contributed by atoms with Crippen LogP contribution in [-0.4, -0.2) is 45.2 Å². The first kappa shape index (κ1) is 12.9. The predicted molar refractivity (Wildman–Crippen MR) is 55.2 cm³/mol. The summed E-state index contributed by atoms with van der Waals surface area (Å²) in [6.07, 6.45) is 0.846. The van der Waals surface area contributed by atoms with Gasteiger partial charge >= 0.3 is 0 Å². The minimum absolute atomic E-state index is 0.327. The minimum Gasteiger partial charge on any atom is -0.320 e. The van der Waals surface area contributed by atoms with Gasteiger partial charge in [0.05, 0.1) is 5.25 Å². The summed E-state index contributed by atoms with van der Waals surface area (Å²) in [5, 5.41) is 2.66. The lowest BCUT2D eigenvalue weighted by molar-refractivity contribution is 0.452. The van der Waals surface area contributed by atoms with Gasteiger partial charge in [0.1, 0.15) is 0 Å². The highest BCUT2D eigenvalue weighted by atomic mass is 32.2. The van der Waals surface area contributed by atoms with Crippen LogP contribution in [0.5, 0.6) is 0 Å². The molecule has 0 bridgehead atoms. The van der Waals surface area contributed by atoms with Crippen LogP contribution < -0.4 is 5.32 Å². The molecule has 0 aromatic carbocycles. The highest BCUT2D eigenvalue weighted by Gasteiger charge is 2.20. The van der Waals surface area contributed by atoms with Gasteiger partial charge in [0, 0.05) is 13.6 Å². The third-order valence-electron chi connectivity index (χ3n) is 1.93. The molecule has 0 spiro atoms. The van der Waals surface area contributed by atoms with E-state index in [2.05, 4.69) is 5.32 Å². The lowest BCUT2D eigenvalue weighted by Crippen LogP contribution is -2.34. The molecule has 0 rings (SSSR count). The van der Waals surface area contributed by atoms with Gasteiger partial charge in [0.15, 0.2) is 0 Å². The second kappa shape index (κ2) is 5.57. The van der Waals surface area contributed by atoms with E-state index in [1.165, 1.54) is 4.31 Å². The summed E-state index contributed by atoms with van der Waals surface area (Å²) in [6, 6.07) is 0. The average molecular weight is 208 g/mol. The van der Waals surface area contributed by atoms with Gasteiger partial charge in [0.25, 0.3) is 0 Å². The summed E-state index contributed by atoms with van der Waals surface area (Å²) in [7, 11) is 0.436. The summed E-state index contributed by atoms with van der Waals surface area (Å²) >= 11 is 0. The third-order valence-corrected chi connectivity index (χ3v) is 4.17. The topological polar surface area (TPSA) is 49.4 Å². The van der Waals surface area contributed by atoms with Crippen molar-refractivity contribution in [3.05, 3.63) is 0 Å². The first-order chi connectivity index (χ1) is 5.92. The Morgan fingerprint density at radius 3 is 2.31 bits per heavy atom. The van der Waals surface area contributed by atoms with Gasteiger partial charge in [-0.3, -0.25) is 0 Å². The van der Waals surface area contributed by atoms with E-state index >= 15 is 0 Å². The monoisotopic (exact) mass is 208 g/mol. The molecular formula is C8H20N2O2S. The van der Waals surface area contributed by atoms with Gasteiger partial charge in [-0.2, -0.15) is 0 Å². The van der Waals surface area contributed by atoms with Crippen molar-refractivity contribution in [2.45, 2.75) is 25.5 Å². The zero-order valence-electron chi connectivity index (χ0n) is 8.87. The van der Waals surface area contributed by atoms with Crippen LogP contribution in [-0.2, 0) is 10.0 Å². The standard InChI is InChI=1S/C8H20N2O2S/c1-8(2)13(11,12)10(4)7-5-6-9-3/h8-9H,5-7H2,1-4H3. The molecule has 5 heteroatoms. The van der Waals surface area contributed by atoms with E-state index in [1.807, 2.05) is 7.05 Å². The number of nitrogens with one attached hydrogen (secondary N) is 1. The lowest BCUT2D eigenvalue weighted by Gasteiger charge is -2.19. The van der Waals surface area contributed by atoms with Crippen molar-refractivity contribution < 1.29 is 8.42 Å². The van der Waals surface area contributed by atoms with Crippen LogP contribution in [0.15, 0.2) is 0 Å². The number of rotatable bonds is 6. The molecule has 0 aromatic rings. The van der Waals surface area contributed by atoms with Crippen molar-refractivity contribution in [1.82, 2.24) is 9.62 Å². The molecule has 1 N–H and O–H groups in total. The smallest absolute Gasteiger partial charge is 0.216 e. The van der Waals surface area contributed by atoms with Gasteiger partial charge in [0.2, 0.25) is 10.0 Å². The van der Waals surface area contributed by atoms with Gasteiger partial charge in [-0.25, -0.2) is 12.7 Å². The van der Waals surface area contributed by atoms with E-state index in [0.717, 1.165) is 13.0 Å². The van der Waals surface area contributed by atoms with Crippen molar-refractivity contribution in [2.75, 3.05) is 27.2 Å². The molecule has 0 saturated heterocycles. The summed E-state index contributed by atoms with van der Waals surface area (Å²) in [5.41, 5.74) is 0. The fraction of sp³-hybridized carbons (Fsp3) is 1.00. The number of nitrogens with zero attached hydrogens (tertiary/aromatic N) is 1. The quantitative estimate of drug-likeness (QED) is 0.637. The molecule has 0 atom stereocenters. The molecule has 0 aliphatic heterocycles. The Labute approximate surface area is 81.4 Å². The summed E-state index contributed by atoms with van der Waals surface area (Å²) < 4.78 is 24.5. The fourth-order valence-electron chi connectivity index (χ4n) is 0.966. The summed E-state index contributed by atoms with van der Waals surface area (Å²) in [5.74, 6) is 0. The molecule has 0 aliphatic rings. The molecule has 80 valence electrons. The first-order valence-corrected chi connectivity index (χ1v) is 6.03. The Bertz CT molecular complexity index is 224. The van der Waals surface area contributed by atoms with Crippen LogP contribution in [0.3, 0.4) is 0 Å². The van der Waals surface area contributed by atoms with Crippen LogP contribution in [0.4, 0.5) is 0 Å². The molecule has 0 fully saturated rings. The van der Waals surface area contributed by atoms with Crippen molar-refractivity contribution >= 4 is 10.0 Å². The van der Waals surface area contributed by atoms with Crippen molar-refractivity contribution in [2.24, 2.45) is 0 Å². The van der Waals surface area contributed by atoms with Gasteiger partial charge in [-0.15, -0.1) is 0 Å².